The van der Waals surface area contributed by atoms with E-state index in [1.807, 2.05) is 0 Å². The molecule has 6 heteroatoms. The normalized spacial score (nSPS) is 14.7. The standard InChI is InChI=1S/C64H55BN2O2Si/c1-40-22-24-43(25-23-40)66(41-16-11-9-12-17-41)45-28-32-48-50-36-60-56(38-54(50)63(2,3)52(48)34-45)65-57-39-55-51(37-61(57)69-59-21-15-20-58(68-60)62(59)65)49-33-29-46(35-53(49)64(55,4)5)67(42-18-13-10-14-19-42)44-26-30-47(31-27-44)70(6,7)8/h9-39H,1-8H3. The molecule has 2 aliphatic carbocycles. The van der Waals surface area contributed by atoms with E-state index in [4.69, 9.17) is 9.47 Å². The zero-order chi connectivity index (χ0) is 47.8. The molecule has 13 rings (SSSR count). The average Bonchev–Trinajstić information content (AvgIpc) is 3.71. The molecule has 4 aliphatic rings. The van der Waals surface area contributed by atoms with Gasteiger partial charge in [-0.15, -0.1) is 0 Å². The van der Waals surface area contributed by atoms with Gasteiger partial charge in [-0.25, -0.2) is 0 Å². The lowest BCUT2D eigenvalue weighted by Gasteiger charge is -2.35. The van der Waals surface area contributed by atoms with Gasteiger partial charge in [0.25, 0.3) is 6.71 Å². The van der Waals surface area contributed by atoms with E-state index in [1.54, 1.807) is 0 Å². The zero-order valence-corrected chi connectivity index (χ0v) is 42.2. The largest absolute Gasteiger partial charge is 0.458 e. The van der Waals surface area contributed by atoms with Crippen LogP contribution >= 0.6 is 0 Å². The first kappa shape index (κ1) is 42.6. The number of ether oxygens (including phenoxy) is 2. The maximum absolute atomic E-state index is 6.97. The Kier molecular flexibility index (Phi) is 9.26. The van der Waals surface area contributed by atoms with E-state index < -0.39 is 8.07 Å². The van der Waals surface area contributed by atoms with Crippen LogP contribution in [0, 0.1) is 6.92 Å². The summed E-state index contributed by atoms with van der Waals surface area (Å²) >= 11 is 0. The quantitative estimate of drug-likeness (QED) is 0.149. The topological polar surface area (TPSA) is 24.9 Å². The fourth-order valence-corrected chi connectivity index (χ4v) is 13.2. The summed E-state index contributed by atoms with van der Waals surface area (Å²) in [5.74, 6) is 3.53. The number of fused-ring (bicyclic) bond motifs is 10. The summed E-state index contributed by atoms with van der Waals surface area (Å²) in [6, 6.07) is 69.5. The predicted molar refractivity (Wildman–Crippen MR) is 296 cm³/mol. The lowest BCUT2D eigenvalue weighted by molar-refractivity contribution is 0.464. The fraction of sp³-hybridized carbons (Fsp3) is 0.156. The van der Waals surface area contributed by atoms with Crippen molar-refractivity contribution < 1.29 is 9.47 Å². The first-order valence-electron chi connectivity index (χ1n) is 24.8. The summed E-state index contributed by atoms with van der Waals surface area (Å²) in [5.41, 5.74) is 21.3. The van der Waals surface area contributed by atoms with Gasteiger partial charge in [0, 0.05) is 50.4 Å². The molecule has 70 heavy (non-hydrogen) atoms. The van der Waals surface area contributed by atoms with Crippen molar-refractivity contribution in [2.24, 2.45) is 0 Å². The third kappa shape index (κ3) is 6.42. The van der Waals surface area contributed by atoms with E-state index >= 15 is 0 Å². The Balaban J connectivity index is 0.910. The van der Waals surface area contributed by atoms with Crippen LogP contribution < -0.4 is 40.8 Å². The molecule has 0 radical (unpaired) electrons. The number of nitrogens with zero attached hydrogens (tertiary/aromatic N) is 2. The van der Waals surface area contributed by atoms with E-state index in [9.17, 15) is 0 Å². The molecule has 9 aromatic rings. The number of hydrogen-bond donors (Lipinski definition) is 0. The molecule has 0 saturated heterocycles. The van der Waals surface area contributed by atoms with Crippen molar-refractivity contribution in [3.8, 4) is 45.3 Å². The Labute approximate surface area is 413 Å². The smallest absolute Gasteiger partial charge is 0.260 e. The van der Waals surface area contributed by atoms with Crippen molar-refractivity contribution in [3.05, 3.63) is 216 Å². The second kappa shape index (κ2) is 15.2. The first-order chi connectivity index (χ1) is 33.7. The minimum atomic E-state index is -1.47. The van der Waals surface area contributed by atoms with Gasteiger partial charge < -0.3 is 19.3 Å². The minimum Gasteiger partial charge on any atom is -0.458 e. The minimum absolute atomic E-state index is 0.0674. The highest BCUT2D eigenvalue weighted by Crippen LogP contribution is 2.54. The summed E-state index contributed by atoms with van der Waals surface area (Å²) in [6.07, 6.45) is 0. The molecular weight excluding hydrogens is 868 g/mol. The fourth-order valence-electron chi connectivity index (χ4n) is 12.0. The summed E-state index contributed by atoms with van der Waals surface area (Å²) < 4.78 is 13.9. The number of para-hydroxylation sites is 2. The number of hydrogen-bond acceptors (Lipinski definition) is 4. The highest BCUT2D eigenvalue weighted by atomic mass is 28.3. The molecule has 0 saturated carbocycles. The van der Waals surface area contributed by atoms with Gasteiger partial charge in [-0.2, -0.15) is 0 Å². The Hall–Kier alpha value is -7.54. The second-order valence-corrected chi connectivity index (χ2v) is 26.9. The Morgan fingerprint density at radius 3 is 1.23 bits per heavy atom. The van der Waals surface area contributed by atoms with Crippen LogP contribution in [0.5, 0.6) is 23.0 Å². The van der Waals surface area contributed by atoms with Crippen LogP contribution in [0.15, 0.2) is 188 Å². The van der Waals surface area contributed by atoms with Gasteiger partial charge in [-0.05, 0) is 159 Å². The molecule has 0 N–H and O–H groups in total. The number of anilines is 6. The van der Waals surface area contributed by atoms with Crippen LogP contribution in [-0.2, 0) is 10.8 Å². The maximum Gasteiger partial charge on any atom is 0.260 e. The van der Waals surface area contributed by atoms with Gasteiger partial charge in [-0.3, -0.25) is 0 Å². The lowest BCUT2D eigenvalue weighted by Crippen LogP contribution is -2.57. The molecular formula is C64H55BN2O2Si. The molecule has 0 bridgehead atoms. The third-order valence-electron chi connectivity index (χ3n) is 15.8. The van der Waals surface area contributed by atoms with Gasteiger partial charge in [0.1, 0.15) is 23.0 Å². The number of rotatable bonds is 7. The molecule has 0 spiro atoms. The molecule has 4 nitrogen and oxygen atoms in total. The number of benzene rings is 9. The van der Waals surface area contributed by atoms with Crippen molar-refractivity contribution in [1.29, 1.82) is 0 Å². The Morgan fingerprint density at radius 1 is 0.386 bits per heavy atom. The van der Waals surface area contributed by atoms with E-state index in [2.05, 4.69) is 252 Å². The molecule has 0 fully saturated rings. The molecule has 340 valence electrons. The van der Waals surface area contributed by atoms with Gasteiger partial charge >= 0.3 is 0 Å². The van der Waals surface area contributed by atoms with E-state index in [-0.39, 0.29) is 17.5 Å². The lowest BCUT2D eigenvalue weighted by atomic mass is 9.34. The Morgan fingerprint density at radius 2 is 0.786 bits per heavy atom. The van der Waals surface area contributed by atoms with Crippen molar-refractivity contribution >= 4 is 70.5 Å². The van der Waals surface area contributed by atoms with Crippen LogP contribution in [0.3, 0.4) is 0 Å². The van der Waals surface area contributed by atoms with Crippen LogP contribution in [0.1, 0.15) is 55.5 Å². The van der Waals surface area contributed by atoms with Crippen LogP contribution in [0.25, 0.3) is 22.3 Å². The van der Waals surface area contributed by atoms with Crippen LogP contribution in [-0.4, -0.2) is 14.8 Å². The molecule has 0 amide bonds. The monoisotopic (exact) mass is 922 g/mol. The van der Waals surface area contributed by atoms with Crippen LogP contribution in [0.4, 0.5) is 34.1 Å². The van der Waals surface area contributed by atoms with Gasteiger partial charge in [-0.1, -0.05) is 149 Å². The van der Waals surface area contributed by atoms with Crippen molar-refractivity contribution in [1.82, 2.24) is 0 Å². The predicted octanol–water partition coefficient (Wildman–Crippen LogP) is 14.8. The average molecular weight is 923 g/mol. The molecule has 2 heterocycles. The summed E-state index contributed by atoms with van der Waals surface area (Å²) in [7, 11) is -1.47. The summed E-state index contributed by atoms with van der Waals surface area (Å²) in [4.78, 5) is 4.77. The second-order valence-electron chi connectivity index (χ2n) is 21.9. The summed E-state index contributed by atoms with van der Waals surface area (Å²) in [6.45, 7) is 18.9. The van der Waals surface area contributed by atoms with Crippen molar-refractivity contribution in [3.63, 3.8) is 0 Å². The first-order valence-corrected chi connectivity index (χ1v) is 28.3. The van der Waals surface area contributed by atoms with Gasteiger partial charge in [0.05, 0.1) is 8.07 Å². The zero-order valence-electron chi connectivity index (χ0n) is 41.2. The van der Waals surface area contributed by atoms with Crippen molar-refractivity contribution in [2.45, 2.75) is 65.1 Å². The Bertz CT molecular complexity index is 3600. The van der Waals surface area contributed by atoms with Gasteiger partial charge in [0.2, 0.25) is 0 Å². The maximum atomic E-state index is 6.97. The van der Waals surface area contributed by atoms with Gasteiger partial charge in [0.15, 0.2) is 0 Å². The van der Waals surface area contributed by atoms with Crippen molar-refractivity contribution in [2.75, 3.05) is 9.80 Å². The van der Waals surface area contributed by atoms with E-state index in [1.165, 1.54) is 66.2 Å². The van der Waals surface area contributed by atoms with E-state index in [0.29, 0.717) is 0 Å². The molecule has 0 atom stereocenters. The van der Waals surface area contributed by atoms with Crippen LogP contribution in [0.2, 0.25) is 19.6 Å². The van der Waals surface area contributed by atoms with E-state index in [0.717, 1.165) is 62.6 Å². The SMILES string of the molecule is Cc1ccc(N(c2ccccc2)c2ccc3c(c2)C(C)(C)c2cc4c(cc2-3)Oc2cccc3c2B4c2cc4c(cc2O3)-c2ccc(N(c3ccccc3)c3ccc([Si](C)(C)C)cc3)cc2C4(C)C)cc1. The highest BCUT2D eigenvalue weighted by Gasteiger charge is 2.46. The summed E-state index contributed by atoms with van der Waals surface area (Å²) in [5, 5.41) is 1.46. The molecule has 9 aromatic carbocycles. The third-order valence-corrected chi connectivity index (χ3v) is 17.9. The molecule has 0 unspecified atom stereocenters. The molecule has 0 aromatic heterocycles. The molecule has 2 aliphatic heterocycles. The number of aryl methyl sites for hydroxylation is 1. The highest BCUT2D eigenvalue weighted by molar-refractivity contribution is 6.98.